The maximum Gasteiger partial charge on any atom is 0.526 e. The molecule has 2 aliphatic rings. The molecular formula is C15H16BF2NO3. The highest BCUT2D eigenvalue weighted by Gasteiger charge is 2.54. The lowest BCUT2D eigenvalue weighted by Gasteiger charge is -2.32. The lowest BCUT2D eigenvalue weighted by atomic mass is 9.83. The lowest BCUT2D eigenvalue weighted by Crippen LogP contribution is -2.41. The van der Waals surface area contributed by atoms with Crippen molar-refractivity contribution in [3.8, 4) is 0 Å². The quantitative estimate of drug-likeness (QED) is 0.640. The summed E-state index contributed by atoms with van der Waals surface area (Å²) in [6.07, 6.45) is 0. The summed E-state index contributed by atoms with van der Waals surface area (Å²) in [5, 5.41) is 2.45. The van der Waals surface area contributed by atoms with Gasteiger partial charge >= 0.3 is 7.12 Å². The van der Waals surface area contributed by atoms with Crippen LogP contribution < -0.4 is 5.32 Å². The minimum absolute atomic E-state index is 0.173. The van der Waals surface area contributed by atoms with Crippen molar-refractivity contribution in [2.75, 3.05) is 5.32 Å². The van der Waals surface area contributed by atoms with E-state index in [2.05, 4.69) is 5.32 Å². The first-order valence-corrected chi connectivity index (χ1v) is 6.99. The molecule has 1 amide bonds. The lowest BCUT2D eigenvalue weighted by molar-refractivity contribution is -0.110. The zero-order valence-electron chi connectivity index (χ0n) is 12.8. The molecule has 4 nitrogen and oxygen atoms in total. The van der Waals surface area contributed by atoms with E-state index in [1.54, 1.807) is 27.7 Å². The molecule has 2 heterocycles. The number of amides is 1. The highest BCUT2D eigenvalue weighted by atomic mass is 19.1. The standard InChI is InChI=1S/C15H16BF2NO3/c1-14(2)15(3,4)22-16(21-14)12(18)11-9-6-5-8(17)7-10(9)19-13(11)20/h5-7H,1-4H3,(H,19,20). The molecule has 1 fully saturated rings. The van der Waals surface area contributed by atoms with Crippen molar-refractivity contribution >= 4 is 24.3 Å². The third-order valence-corrected chi connectivity index (χ3v) is 4.43. The molecule has 2 aliphatic heterocycles. The van der Waals surface area contributed by atoms with Gasteiger partial charge in [-0.25, -0.2) is 8.78 Å². The maximum atomic E-state index is 14.8. The summed E-state index contributed by atoms with van der Waals surface area (Å²) in [7, 11) is -1.26. The van der Waals surface area contributed by atoms with Gasteiger partial charge in [0.25, 0.3) is 5.91 Å². The van der Waals surface area contributed by atoms with E-state index in [0.29, 0.717) is 5.56 Å². The van der Waals surface area contributed by atoms with E-state index in [-0.39, 0.29) is 11.3 Å². The van der Waals surface area contributed by atoms with Crippen LogP contribution in [0.3, 0.4) is 0 Å². The van der Waals surface area contributed by atoms with Gasteiger partial charge in [0.1, 0.15) is 11.5 Å². The van der Waals surface area contributed by atoms with E-state index in [4.69, 9.17) is 9.31 Å². The number of halogens is 2. The molecule has 0 saturated carbocycles. The van der Waals surface area contributed by atoms with E-state index in [1.165, 1.54) is 12.1 Å². The van der Waals surface area contributed by atoms with Crippen LogP contribution in [0.25, 0.3) is 5.57 Å². The number of carbonyl (C=O) groups excluding carboxylic acids is 1. The van der Waals surface area contributed by atoms with Crippen molar-refractivity contribution in [3.05, 3.63) is 35.3 Å². The number of benzene rings is 1. The summed E-state index contributed by atoms with van der Waals surface area (Å²) in [4.78, 5) is 12.0. The van der Waals surface area contributed by atoms with Crippen molar-refractivity contribution < 1.29 is 22.9 Å². The third-order valence-electron chi connectivity index (χ3n) is 4.43. The Hall–Kier alpha value is -1.73. The Kier molecular flexibility index (Phi) is 3.20. The fourth-order valence-electron chi connectivity index (χ4n) is 2.45. The minimum atomic E-state index is -1.26. The van der Waals surface area contributed by atoms with Crippen molar-refractivity contribution in [2.24, 2.45) is 0 Å². The van der Waals surface area contributed by atoms with Gasteiger partial charge in [0.05, 0.1) is 22.5 Å². The Morgan fingerprint density at radius 3 is 2.36 bits per heavy atom. The Bertz CT molecular complexity index is 684. The van der Waals surface area contributed by atoms with Crippen LogP contribution >= 0.6 is 0 Å². The Morgan fingerprint density at radius 2 is 1.77 bits per heavy atom. The molecule has 1 aromatic carbocycles. The van der Waals surface area contributed by atoms with Crippen LogP contribution in [0.4, 0.5) is 14.5 Å². The van der Waals surface area contributed by atoms with Crippen LogP contribution in [0.1, 0.15) is 33.3 Å². The van der Waals surface area contributed by atoms with Gasteiger partial charge in [0.15, 0.2) is 0 Å². The van der Waals surface area contributed by atoms with Gasteiger partial charge in [-0.2, -0.15) is 0 Å². The van der Waals surface area contributed by atoms with Crippen molar-refractivity contribution in [1.29, 1.82) is 0 Å². The second kappa shape index (κ2) is 4.63. The van der Waals surface area contributed by atoms with Crippen molar-refractivity contribution in [1.82, 2.24) is 0 Å². The highest BCUT2D eigenvalue weighted by Crippen LogP contribution is 2.42. The number of nitrogens with one attached hydrogen (secondary N) is 1. The zero-order valence-corrected chi connectivity index (χ0v) is 12.8. The van der Waals surface area contributed by atoms with Crippen LogP contribution in [0.2, 0.25) is 0 Å². The van der Waals surface area contributed by atoms with Crippen molar-refractivity contribution in [3.63, 3.8) is 0 Å². The topological polar surface area (TPSA) is 47.6 Å². The van der Waals surface area contributed by atoms with E-state index in [0.717, 1.165) is 6.07 Å². The molecular weight excluding hydrogens is 291 g/mol. The number of hydrogen-bond donors (Lipinski definition) is 1. The fourth-order valence-corrected chi connectivity index (χ4v) is 2.45. The molecule has 7 heteroatoms. The first-order valence-electron chi connectivity index (χ1n) is 6.99. The molecule has 1 N–H and O–H groups in total. The summed E-state index contributed by atoms with van der Waals surface area (Å²) in [6.45, 7) is 7.18. The second-order valence-electron chi connectivity index (χ2n) is 6.46. The van der Waals surface area contributed by atoms with Gasteiger partial charge in [-0.3, -0.25) is 4.79 Å². The number of carbonyl (C=O) groups is 1. The van der Waals surface area contributed by atoms with Crippen molar-refractivity contribution in [2.45, 2.75) is 38.9 Å². The SMILES string of the molecule is CC1(C)OB(C(F)=C2C(=O)Nc3cc(F)ccc32)OC1(C)C. The summed E-state index contributed by atoms with van der Waals surface area (Å²) < 4.78 is 39.2. The molecule has 116 valence electrons. The summed E-state index contributed by atoms with van der Waals surface area (Å²) in [6, 6.07) is 3.69. The van der Waals surface area contributed by atoms with Gasteiger partial charge in [0.2, 0.25) is 0 Å². The van der Waals surface area contributed by atoms with E-state index < -0.39 is 35.8 Å². The monoisotopic (exact) mass is 307 g/mol. The predicted octanol–water partition coefficient (Wildman–Crippen LogP) is 3.09. The van der Waals surface area contributed by atoms with Gasteiger partial charge in [0, 0.05) is 5.56 Å². The third kappa shape index (κ3) is 2.16. The van der Waals surface area contributed by atoms with Crippen LogP contribution in [0.5, 0.6) is 0 Å². The van der Waals surface area contributed by atoms with E-state index in [9.17, 15) is 13.6 Å². The summed E-state index contributed by atoms with van der Waals surface area (Å²) >= 11 is 0. The molecule has 0 atom stereocenters. The average molecular weight is 307 g/mol. The molecule has 22 heavy (non-hydrogen) atoms. The highest BCUT2D eigenvalue weighted by molar-refractivity contribution is 6.58. The maximum absolute atomic E-state index is 14.8. The number of fused-ring (bicyclic) bond motifs is 1. The normalized spacial score (nSPS) is 24.3. The van der Waals surface area contributed by atoms with Gasteiger partial charge in [-0.05, 0) is 45.9 Å². The Morgan fingerprint density at radius 1 is 1.18 bits per heavy atom. The zero-order chi connectivity index (χ0) is 16.3. The first-order chi connectivity index (χ1) is 10.1. The largest absolute Gasteiger partial charge is 0.526 e. The van der Waals surface area contributed by atoms with Crippen LogP contribution in [-0.4, -0.2) is 24.2 Å². The smallest absolute Gasteiger partial charge is 0.398 e. The number of rotatable bonds is 1. The molecule has 0 spiro atoms. The number of anilines is 1. The molecule has 0 unspecified atom stereocenters. The molecule has 0 radical (unpaired) electrons. The first kappa shape index (κ1) is 15.2. The summed E-state index contributed by atoms with van der Waals surface area (Å²) in [5.74, 6) is -1.14. The summed E-state index contributed by atoms with van der Waals surface area (Å²) in [5.41, 5.74) is -1.85. The number of hydrogen-bond acceptors (Lipinski definition) is 3. The Labute approximate surface area is 127 Å². The van der Waals surface area contributed by atoms with Gasteiger partial charge in [-0.15, -0.1) is 0 Å². The molecule has 0 bridgehead atoms. The second-order valence-corrected chi connectivity index (χ2v) is 6.46. The molecule has 0 aromatic heterocycles. The molecule has 1 aromatic rings. The van der Waals surface area contributed by atoms with E-state index in [1.807, 2.05) is 0 Å². The minimum Gasteiger partial charge on any atom is -0.398 e. The van der Waals surface area contributed by atoms with Gasteiger partial charge in [-0.1, -0.05) is 0 Å². The molecule has 0 aliphatic carbocycles. The van der Waals surface area contributed by atoms with Crippen LogP contribution in [0.15, 0.2) is 23.9 Å². The average Bonchev–Trinajstić information content (AvgIpc) is 2.81. The predicted molar refractivity (Wildman–Crippen MR) is 79.1 cm³/mol. The molecule has 1 saturated heterocycles. The van der Waals surface area contributed by atoms with Gasteiger partial charge < -0.3 is 14.6 Å². The molecule has 3 rings (SSSR count). The van der Waals surface area contributed by atoms with Crippen LogP contribution in [0, 0.1) is 5.82 Å². The fraction of sp³-hybridized carbons (Fsp3) is 0.400. The Balaban J connectivity index is 2.03. The van der Waals surface area contributed by atoms with Crippen LogP contribution in [-0.2, 0) is 14.1 Å². The van der Waals surface area contributed by atoms with E-state index >= 15 is 0 Å².